The van der Waals surface area contributed by atoms with Crippen LogP contribution in [-0.4, -0.2) is 17.8 Å². The molecule has 0 aliphatic rings. The lowest BCUT2D eigenvalue weighted by atomic mass is 9.88. The first kappa shape index (κ1) is 17.2. The zero-order valence-electron chi connectivity index (χ0n) is 13.1. The van der Waals surface area contributed by atoms with Gasteiger partial charge in [-0.15, -0.1) is 0 Å². The zero-order valence-corrected chi connectivity index (χ0v) is 14.6. The third kappa shape index (κ3) is 6.08. The molecule has 3 heteroatoms. The molecule has 0 spiro atoms. The lowest BCUT2D eigenvalue weighted by Crippen LogP contribution is -2.35. The average molecular weight is 340 g/mol. The Hall–Kier alpha value is -0.830. The van der Waals surface area contributed by atoms with Gasteiger partial charge in [0.25, 0.3) is 0 Å². The number of carbonyl (C=O) groups excluding carboxylic acids is 1. The molecule has 1 aromatic carbocycles. The summed E-state index contributed by atoms with van der Waals surface area (Å²) in [6.45, 7) is 9.26. The maximum Gasteiger partial charge on any atom is 0.224 e. The molecule has 1 aromatic rings. The Morgan fingerprint density at radius 3 is 2.65 bits per heavy atom. The number of hydrogen-bond acceptors (Lipinski definition) is 1. The van der Waals surface area contributed by atoms with E-state index in [9.17, 15) is 4.79 Å². The number of benzene rings is 1. The molecule has 0 atom stereocenters. The van der Waals surface area contributed by atoms with Gasteiger partial charge in [-0.2, -0.15) is 0 Å². The molecular weight excluding hydrogens is 314 g/mol. The number of carbonyl (C=O) groups is 1. The molecule has 0 bridgehead atoms. The third-order valence-corrected chi connectivity index (χ3v) is 4.17. The van der Waals surface area contributed by atoms with Crippen molar-refractivity contribution in [2.24, 2.45) is 5.41 Å². The summed E-state index contributed by atoms with van der Waals surface area (Å²) < 4.78 is 0. The predicted molar refractivity (Wildman–Crippen MR) is 89.4 cm³/mol. The number of aryl methyl sites for hydroxylation is 2. The van der Waals surface area contributed by atoms with E-state index in [2.05, 4.69) is 67.1 Å². The van der Waals surface area contributed by atoms with Crippen LogP contribution in [0.3, 0.4) is 0 Å². The van der Waals surface area contributed by atoms with E-state index in [0.717, 1.165) is 30.3 Å². The van der Waals surface area contributed by atoms with Crippen LogP contribution in [0.4, 0.5) is 0 Å². The summed E-state index contributed by atoms with van der Waals surface area (Å²) >= 11 is 3.45. The number of nitrogens with one attached hydrogen (secondary N) is 1. The van der Waals surface area contributed by atoms with Crippen LogP contribution < -0.4 is 5.32 Å². The van der Waals surface area contributed by atoms with Gasteiger partial charge in [-0.25, -0.2) is 0 Å². The van der Waals surface area contributed by atoms with Gasteiger partial charge in [-0.1, -0.05) is 53.5 Å². The van der Waals surface area contributed by atoms with Crippen molar-refractivity contribution in [3.63, 3.8) is 0 Å². The van der Waals surface area contributed by atoms with Crippen molar-refractivity contribution < 1.29 is 4.79 Å². The van der Waals surface area contributed by atoms with Gasteiger partial charge in [0.2, 0.25) is 5.91 Å². The van der Waals surface area contributed by atoms with Crippen LogP contribution in [0.5, 0.6) is 0 Å². The van der Waals surface area contributed by atoms with E-state index in [4.69, 9.17) is 0 Å². The molecule has 0 saturated carbocycles. The lowest BCUT2D eigenvalue weighted by Gasteiger charge is -2.24. The molecule has 0 saturated heterocycles. The molecule has 1 amide bonds. The van der Waals surface area contributed by atoms with Gasteiger partial charge in [-0.05, 0) is 43.2 Å². The van der Waals surface area contributed by atoms with E-state index in [1.807, 2.05) is 0 Å². The fraction of sp³-hybridized carbons (Fsp3) is 0.588. The molecule has 0 heterocycles. The molecule has 112 valence electrons. The first-order valence-corrected chi connectivity index (χ1v) is 8.35. The Labute approximate surface area is 131 Å². The van der Waals surface area contributed by atoms with Crippen LogP contribution in [0.25, 0.3) is 0 Å². The maximum absolute atomic E-state index is 12.1. The molecule has 20 heavy (non-hydrogen) atoms. The second kappa shape index (κ2) is 7.82. The van der Waals surface area contributed by atoms with Crippen molar-refractivity contribution in [2.75, 3.05) is 11.9 Å². The number of halogens is 1. The highest BCUT2D eigenvalue weighted by Gasteiger charge is 2.18. The minimum Gasteiger partial charge on any atom is -0.355 e. The van der Waals surface area contributed by atoms with Crippen molar-refractivity contribution in [1.29, 1.82) is 0 Å². The number of hydrogen-bond donors (Lipinski definition) is 1. The van der Waals surface area contributed by atoms with Crippen molar-refractivity contribution in [1.82, 2.24) is 5.32 Å². The molecule has 0 unspecified atom stereocenters. The highest BCUT2D eigenvalue weighted by molar-refractivity contribution is 9.09. The monoisotopic (exact) mass is 339 g/mol. The SMILES string of the molecule is Cc1ccc(C)c(CC(=O)NCC(C)(C)CCCBr)c1. The van der Waals surface area contributed by atoms with Crippen LogP contribution in [-0.2, 0) is 11.2 Å². The Morgan fingerprint density at radius 1 is 1.30 bits per heavy atom. The van der Waals surface area contributed by atoms with Gasteiger partial charge in [0.05, 0.1) is 6.42 Å². The molecule has 0 aliphatic heterocycles. The summed E-state index contributed by atoms with van der Waals surface area (Å²) in [6.07, 6.45) is 2.73. The topological polar surface area (TPSA) is 29.1 Å². The molecule has 0 aliphatic carbocycles. The van der Waals surface area contributed by atoms with E-state index in [1.165, 1.54) is 11.1 Å². The Morgan fingerprint density at radius 2 is 2.00 bits per heavy atom. The molecule has 0 aromatic heterocycles. The number of rotatable bonds is 7. The molecule has 0 fully saturated rings. The average Bonchev–Trinajstić information content (AvgIpc) is 2.39. The fourth-order valence-corrected chi connectivity index (χ4v) is 2.48. The Bertz CT molecular complexity index is 454. The fourth-order valence-electron chi connectivity index (χ4n) is 2.20. The minimum absolute atomic E-state index is 0.116. The van der Waals surface area contributed by atoms with E-state index < -0.39 is 0 Å². The summed E-state index contributed by atoms with van der Waals surface area (Å²) in [5.41, 5.74) is 3.67. The smallest absolute Gasteiger partial charge is 0.224 e. The van der Waals surface area contributed by atoms with Crippen molar-refractivity contribution in [3.05, 3.63) is 34.9 Å². The van der Waals surface area contributed by atoms with Crippen LogP contribution >= 0.6 is 15.9 Å². The highest BCUT2D eigenvalue weighted by Crippen LogP contribution is 2.21. The van der Waals surface area contributed by atoms with E-state index in [-0.39, 0.29) is 11.3 Å². The number of alkyl halides is 1. The van der Waals surface area contributed by atoms with Crippen LogP contribution in [0.2, 0.25) is 0 Å². The Balaban J connectivity index is 2.49. The normalized spacial score (nSPS) is 11.4. The van der Waals surface area contributed by atoms with Crippen molar-refractivity contribution >= 4 is 21.8 Å². The summed E-state index contributed by atoms with van der Waals surface area (Å²) in [5, 5.41) is 4.09. The molecular formula is C17H26BrNO. The van der Waals surface area contributed by atoms with Gasteiger partial charge in [0.1, 0.15) is 0 Å². The van der Waals surface area contributed by atoms with Gasteiger partial charge < -0.3 is 5.32 Å². The van der Waals surface area contributed by atoms with Gasteiger partial charge >= 0.3 is 0 Å². The largest absolute Gasteiger partial charge is 0.355 e. The number of amides is 1. The zero-order chi connectivity index (χ0) is 15.2. The van der Waals surface area contributed by atoms with E-state index in [0.29, 0.717) is 6.42 Å². The van der Waals surface area contributed by atoms with Crippen LogP contribution in [0, 0.1) is 19.3 Å². The van der Waals surface area contributed by atoms with Crippen LogP contribution in [0.15, 0.2) is 18.2 Å². The maximum atomic E-state index is 12.1. The summed E-state index contributed by atoms with van der Waals surface area (Å²) in [4.78, 5) is 12.1. The Kier molecular flexibility index (Phi) is 6.74. The lowest BCUT2D eigenvalue weighted by molar-refractivity contribution is -0.120. The quantitative estimate of drug-likeness (QED) is 0.742. The second-order valence-corrected chi connectivity index (χ2v) is 7.13. The summed E-state index contributed by atoms with van der Waals surface area (Å²) in [7, 11) is 0. The molecule has 1 N–H and O–H groups in total. The van der Waals surface area contributed by atoms with Crippen molar-refractivity contribution in [3.8, 4) is 0 Å². The summed E-state index contributed by atoms with van der Waals surface area (Å²) in [5.74, 6) is 0.116. The second-order valence-electron chi connectivity index (χ2n) is 6.34. The predicted octanol–water partition coefficient (Wildman–Crippen LogP) is 4.16. The summed E-state index contributed by atoms with van der Waals surface area (Å²) in [6, 6.07) is 6.27. The first-order valence-electron chi connectivity index (χ1n) is 7.23. The molecule has 0 radical (unpaired) electrons. The van der Waals surface area contributed by atoms with Gasteiger partial charge in [-0.3, -0.25) is 4.79 Å². The van der Waals surface area contributed by atoms with Crippen molar-refractivity contribution in [2.45, 2.75) is 47.0 Å². The van der Waals surface area contributed by atoms with E-state index in [1.54, 1.807) is 0 Å². The molecule has 1 rings (SSSR count). The third-order valence-electron chi connectivity index (χ3n) is 3.61. The van der Waals surface area contributed by atoms with Gasteiger partial charge in [0.15, 0.2) is 0 Å². The first-order chi connectivity index (χ1) is 9.34. The van der Waals surface area contributed by atoms with Gasteiger partial charge in [0, 0.05) is 11.9 Å². The van der Waals surface area contributed by atoms with Crippen LogP contribution in [0.1, 0.15) is 43.4 Å². The van der Waals surface area contributed by atoms with E-state index >= 15 is 0 Å². The molecule has 2 nitrogen and oxygen atoms in total. The standard InChI is InChI=1S/C17H26BrNO/c1-13-6-7-14(2)15(10-13)11-16(20)19-12-17(3,4)8-5-9-18/h6-7,10H,5,8-9,11-12H2,1-4H3,(H,19,20). The minimum atomic E-state index is 0.116. The highest BCUT2D eigenvalue weighted by atomic mass is 79.9.